The van der Waals surface area contributed by atoms with E-state index in [1.165, 1.54) is 43.8 Å². The number of aryl methyl sites for hydroxylation is 2. The Morgan fingerprint density at radius 3 is 1.42 bits per heavy atom. The van der Waals surface area contributed by atoms with Crippen LogP contribution in [0.25, 0.3) is 21.5 Å². The predicted molar refractivity (Wildman–Crippen MR) is 106 cm³/mol. The summed E-state index contributed by atoms with van der Waals surface area (Å²) < 4.78 is 0. The predicted octanol–water partition coefficient (Wildman–Crippen LogP) is 5.82. The Bertz CT molecular complexity index is 932. The van der Waals surface area contributed by atoms with Crippen molar-refractivity contribution in [1.82, 2.24) is 0 Å². The summed E-state index contributed by atoms with van der Waals surface area (Å²) in [4.78, 5) is 0. The molecule has 0 aliphatic heterocycles. The summed E-state index contributed by atoms with van der Waals surface area (Å²) in [5, 5.41) is 5.40. The molecule has 0 saturated carbocycles. The first kappa shape index (κ1) is 17.8. The summed E-state index contributed by atoms with van der Waals surface area (Å²) in [6, 6.07) is 26.4. The van der Waals surface area contributed by atoms with Gasteiger partial charge in [0.15, 0.2) is 0 Å². The van der Waals surface area contributed by atoms with Crippen LogP contribution in [0.5, 0.6) is 0 Å². The molecule has 0 aromatic heterocycles. The summed E-state index contributed by atoms with van der Waals surface area (Å²) in [5.74, 6) is 0. The van der Waals surface area contributed by atoms with Crippen LogP contribution < -0.4 is 0 Å². The number of hydrogen-bond acceptors (Lipinski definition) is 0. The molecular weight excluding hydrogens is 315 g/mol. The molecule has 0 spiro atoms. The topological polar surface area (TPSA) is 0 Å². The van der Waals surface area contributed by atoms with Gasteiger partial charge in [-0.3, -0.25) is 0 Å². The van der Waals surface area contributed by atoms with Gasteiger partial charge in [-0.25, -0.2) is 0 Å². The normalized spacial score (nSPS) is 10.8. The average Bonchev–Trinajstić information content (AvgIpc) is 2.59. The van der Waals surface area contributed by atoms with Crippen LogP contribution in [0.3, 0.4) is 0 Å². The molecule has 0 fully saturated rings. The second-order valence-corrected chi connectivity index (χ2v) is 6.34. The molecule has 0 amide bonds. The van der Waals surface area contributed by atoms with Crippen molar-refractivity contribution in [3.63, 3.8) is 0 Å². The Labute approximate surface area is 186 Å². The molecule has 1 heteroatoms. The molecule has 0 aliphatic carbocycles. The molecule has 0 nitrogen and oxygen atoms in total. The Hall–Kier alpha value is -0.964. The average molecular weight is 336 g/mol. The molecule has 0 bridgehead atoms. The van der Waals surface area contributed by atoms with Gasteiger partial charge in [0.05, 0.1) is 0 Å². The first-order valence-electron chi connectivity index (χ1n) is 8.18. The van der Waals surface area contributed by atoms with E-state index in [1.54, 1.807) is 0 Å². The number of hydrogen-bond donors (Lipinski definition) is 0. The maximum Gasteiger partial charge on any atom is 0 e. The summed E-state index contributed by atoms with van der Waals surface area (Å²) in [7, 11) is 0. The van der Waals surface area contributed by atoms with Crippen LogP contribution in [0, 0.1) is 13.8 Å². The first-order chi connectivity index (χ1) is 11.2. The summed E-state index contributed by atoms with van der Waals surface area (Å²) >= 11 is 0. The maximum atomic E-state index is 2.25. The Morgan fingerprint density at radius 2 is 0.958 bits per heavy atom. The minimum atomic E-state index is 0. The summed E-state index contributed by atoms with van der Waals surface area (Å²) in [6.07, 6.45) is 0.986. The van der Waals surface area contributed by atoms with E-state index in [0.717, 1.165) is 6.42 Å². The third kappa shape index (κ3) is 3.24. The molecule has 0 atom stereocenters. The van der Waals surface area contributed by atoms with E-state index < -0.39 is 0 Å². The van der Waals surface area contributed by atoms with Crippen LogP contribution in [0.4, 0.5) is 0 Å². The second-order valence-electron chi connectivity index (χ2n) is 6.34. The molecule has 0 aliphatic rings. The number of rotatable bonds is 2. The molecule has 0 unspecified atom stereocenters. The van der Waals surface area contributed by atoms with E-state index in [-0.39, 0.29) is 51.4 Å². The molecule has 4 rings (SSSR count). The van der Waals surface area contributed by atoms with Crippen LogP contribution in [0.2, 0.25) is 0 Å². The van der Waals surface area contributed by atoms with Gasteiger partial charge in [-0.15, -0.1) is 0 Å². The zero-order valence-electron chi connectivity index (χ0n) is 14.6. The fourth-order valence-electron chi connectivity index (χ4n) is 3.54. The van der Waals surface area contributed by atoms with E-state index in [2.05, 4.69) is 86.6 Å². The molecule has 0 N–H and O–H groups in total. The van der Waals surface area contributed by atoms with Gasteiger partial charge in [0.25, 0.3) is 0 Å². The van der Waals surface area contributed by atoms with Crippen molar-refractivity contribution in [2.45, 2.75) is 20.3 Å². The number of fused-ring (bicyclic) bond motifs is 2. The van der Waals surface area contributed by atoms with Gasteiger partial charge in [-0.2, -0.15) is 0 Å². The summed E-state index contributed by atoms with van der Waals surface area (Å²) in [5.41, 5.74) is 5.64. The molecule has 0 heterocycles. The zero-order chi connectivity index (χ0) is 15.8. The maximum absolute atomic E-state index is 2.25. The van der Waals surface area contributed by atoms with E-state index >= 15 is 0 Å². The Kier molecular flexibility index (Phi) is 5.58. The fourth-order valence-corrected chi connectivity index (χ4v) is 3.54. The van der Waals surface area contributed by atoms with Gasteiger partial charge in [-0.05, 0) is 64.1 Å². The van der Waals surface area contributed by atoms with Crippen molar-refractivity contribution in [2.75, 3.05) is 0 Å². The molecule has 0 saturated heterocycles. The SMILES string of the molecule is Cc1ccc2ccccc2c1Cc1c(C)ccc2ccccc12.[K]. The van der Waals surface area contributed by atoms with Gasteiger partial charge in [-0.1, -0.05) is 72.8 Å². The summed E-state index contributed by atoms with van der Waals surface area (Å²) in [6.45, 7) is 4.45. The van der Waals surface area contributed by atoms with Crippen LogP contribution in [-0.2, 0) is 6.42 Å². The molecular formula is C23H20K. The van der Waals surface area contributed by atoms with Crippen molar-refractivity contribution < 1.29 is 0 Å². The smallest absolute Gasteiger partial charge is 0 e. The van der Waals surface area contributed by atoms with Crippen molar-refractivity contribution in [1.29, 1.82) is 0 Å². The van der Waals surface area contributed by atoms with Gasteiger partial charge in [0.2, 0.25) is 0 Å². The van der Waals surface area contributed by atoms with Gasteiger partial charge >= 0.3 is 0 Å². The van der Waals surface area contributed by atoms with E-state index in [0.29, 0.717) is 0 Å². The molecule has 4 aromatic rings. The minimum Gasteiger partial charge on any atom is -0.0616 e. The van der Waals surface area contributed by atoms with Crippen LogP contribution in [-0.4, -0.2) is 51.4 Å². The van der Waals surface area contributed by atoms with Gasteiger partial charge in [0, 0.05) is 51.4 Å². The van der Waals surface area contributed by atoms with Crippen LogP contribution in [0.1, 0.15) is 22.3 Å². The second kappa shape index (κ2) is 7.51. The fraction of sp³-hybridized carbons (Fsp3) is 0.130. The monoisotopic (exact) mass is 335 g/mol. The first-order valence-corrected chi connectivity index (χ1v) is 8.18. The third-order valence-corrected chi connectivity index (χ3v) is 4.90. The third-order valence-electron chi connectivity index (χ3n) is 4.90. The van der Waals surface area contributed by atoms with E-state index in [1.807, 2.05) is 0 Å². The number of benzene rings is 4. The van der Waals surface area contributed by atoms with Gasteiger partial charge < -0.3 is 0 Å². The Morgan fingerprint density at radius 1 is 0.542 bits per heavy atom. The quantitative estimate of drug-likeness (QED) is 0.405. The Balaban J connectivity index is 0.00000169. The largest absolute Gasteiger partial charge is 0.0616 e. The minimum absolute atomic E-state index is 0. The van der Waals surface area contributed by atoms with Crippen molar-refractivity contribution >= 4 is 72.9 Å². The van der Waals surface area contributed by atoms with Crippen molar-refractivity contribution in [3.8, 4) is 0 Å². The van der Waals surface area contributed by atoms with E-state index in [4.69, 9.17) is 0 Å². The molecule has 1 radical (unpaired) electrons. The zero-order valence-corrected chi connectivity index (χ0v) is 17.8. The van der Waals surface area contributed by atoms with Crippen LogP contribution in [0.15, 0.2) is 72.8 Å². The van der Waals surface area contributed by atoms with Crippen molar-refractivity contribution in [2.24, 2.45) is 0 Å². The van der Waals surface area contributed by atoms with Gasteiger partial charge in [0.1, 0.15) is 0 Å². The standard InChI is InChI=1S/C23H20.K/c1-16-11-13-18-7-3-5-9-20(18)22(16)15-23-17(2)12-14-19-8-4-6-10-21(19)23;/h3-14H,15H2,1-2H3;. The molecule has 24 heavy (non-hydrogen) atoms. The van der Waals surface area contributed by atoms with Crippen molar-refractivity contribution in [3.05, 3.63) is 95.1 Å². The van der Waals surface area contributed by atoms with E-state index in [9.17, 15) is 0 Å². The molecule has 113 valence electrons. The molecule has 4 aromatic carbocycles. The van der Waals surface area contributed by atoms with Crippen LogP contribution >= 0.6 is 0 Å².